The fraction of sp³-hybridized carbons (Fsp3) is 0.158. The average molecular weight is 743 g/mol. The van der Waals surface area contributed by atoms with Crippen molar-refractivity contribution >= 4 is 23.1 Å². The van der Waals surface area contributed by atoms with Crippen molar-refractivity contribution in [2.24, 2.45) is 0 Å². The lowest BCUT2D eigenvalue weighted by Crippen LogP contribution is -2.71. The Bertz CT molecular complexity index is 2810. The first-order chi connectivity index (χ1) is 28.0. The first kappa shape index (κ1) is 35.0. The molecule has 11 rings (SSSR count). The van der Waals surface area contributed by atoms with Crippen LogP contribution in [0, 0.1) is 0 Å². The van der Waals surface area contributed by atoms with Gasteiger partial charge >= 0.3 is 0 Å². The van der Waals surface area contributed by atoms with E-state index in [1.165, 1.54) is 89.0 Å². The van der Waals surface area contributed by atoms with Gasteiger partial charge in [0.05, 0.1) is 0 Å². The molecule has 0 aromatic heterocycles. The van der Waals surface area contributed by atoms with Crippen LogP contribution in [0.1, 0.15) is 74.9 Å². The van der Waals surface area contributed by atoms with Crippen LogP contribution in [0.2, 0.25) is 0 Å². The molecule has 0 aliphatic carbocycles. The summed E-state index contributed by atoms with van der Waals surface area (Å²) in [6.45, 7) is 15.0. The molecule has 0 saturated carbocycles. The van der Waals surface area contributed by atoms with Gasteiger partial charge in [0.15, 0.2) is 0 Å². The van der Waals surface area contributed by atoms with E-state index in [1.807, 2.05) is 0 Å². The highest BCUT2D eigenvalue weighted by Gasteiger charge is 2.54. The largest absolute Gasteiger partial charge is 0.243 e. The fourth-order valence-corrected chi connectivity index (χ4v) is 11.1. The van der Waals surface area contributed by atoms with Crippen LogP contribution in [-0.2, 0) is 16.2 Å². The molecule has 0 fully saturated rings. The molecule has 8 aromatic carbocycles. The van der Waals surface area contributed by atoms with Crippen LogP contribution in [0.15, 0.2) is 176 Å². The third-order valence-corrected chi connectivity index (χ3v) is 14.2. The second-order valence-corrected chi connectivity index (χ2v) is 18.5. The highest BCUT2D eigenvalue weighted by molar-refractivity contribution is 6.98. The Morgan fingerprint density at radius 2 is 0.500 bits per heavy atom. The van der Waals surface area contributed by atoms with Gasteiger partial charge in [0.25, 0.3) is 0 Å². The van der Waals surface area contributed by atoms with E-state index in [0.29, 0.717) is 0 Å². The third-order valence-electron chi connectivity index (χ3n) is 14.2. The van der Waals surface area contributed by atoms with E-state index >= 15 is 0 Å². The Balaban J connectivity index is 1.05. The van der Waals surface area contributed by atoms with Crippen LogP contribution in [0.25, 0.3) is 55.6 Å². The second-order valence-electron chi connectivity index (χ2n) is 18.5. The standard InChI is InChI=1S/C57H47B/c1-55(2)46-25-15-27-48-52(46)58-53-47(55)26-16-28-49(53)57(5,6)51-35-45(34-50(54(51)58)56(48,3)4)41-24-14-22-39(30-41)38-21-13-23-40(29-38)44-32-42(36-17-9-7-10-18-36)31-43(33-44)37-19-11-8-12-20-37/h7-35H,1-6H3. The van der Waals surface area contributed by atoms with E-state index in [9.17, 15) is 0 Å². The number of rotatable bonds is 5. The molecule has 0 radical (unpaired) electrons. The van der Waals surface area contributed by atoms with Crippen LogP contribution < -0.4 is 16.4 Å². The van der Waals surface area contributed by atoms with Crippen LogP contribution >= 0.6 is 0 Å². The molecule has 3 heterocycles. The van der Waals surface area contributed by atoms with Gasteiger partial charge in [0.2, 0.25) is 6.71 Å². The van der Waals surface area contributed by atoms with Crippen molar-refractivity contribution in [1.82, 2.24) is 0 Å². The normalized spacial score (nSPS) is 15.8. The average Bonchev–Trinajstić information content (AvgIpc) is 3.26. The van der Waals surface area contributed by atoms with E-state index in [4.69, 9.17) is 0 Å². The summed E-state index contributed by atoms with van der Waals surface area (Å²) >= 11 is 0. The molecule has 3 aliphatic rings. The summed E-state index contributed by atoms with van der Waals surface area (Å²) in [5, 5.41) is 0. The van der Waals surface area contributed by atoms with Gasteiger partial charge in [0, 0.05) is 16.2 Å². The van der Waals surface area contributed by atoms with E-state index in [1.54, 1.807) is 16.4 Å². The van der Waals surface area contributed by atoms with Gasteiger partial charge < -0.3 is 0 Å². The number of hydrogen-bond acceptors (Lipinski definition) is 0. The highest BCUT2D eigenvalue weighted by atomic mass is 14.5. The van der Waals surface area contributed by atoms with Crippen LogP contribution in [0.4, 0.5) is 0 Å². The Morgan fingerprint density at radius 1 is 0.241 bits per heavy atom. The zero-order valence-corrected chi connectivity index (χ0v) is 34.3. The molecule has 0 unspecified atom stereocenters. The predicted octanol–water partition coefficient (Wildman–Crippen LogP) is 12.5. The molecule has 58 heavy (non-hydrogen) atoms. The molecule has 0 bridgehead atoms. The maximum Gasteiger partial charge on any atom is 0.243 e. The van der Waals surface area contributed by atoms with Crippen molar-refractivity contribution in [3.63, 3.8) is 0 Å². The van der Waals surface area contributed by atoms with Gasteiger partial charge in [-0.05, 0) is 119 Å². The Hall–Kier alpha value is -6.18. The van der Waals surface area contributed by atoms with Crippen molar-refractivity contribution in [2.75, 3.05) is 0 Å². The topological polar surface area (TPSA) is 0 Å². The lowest BCUT2D eigenvalue weighted by Gasteiger charge is -2.52. The molecular formula is C57H47B. The van der Waals surface area contributed by atoms with Gasteiger partial charge in [0.1, 0.15) is 0 Å². The molecule has 0 amide bonds. The van der Waals surface area contributed by atoms with E-state index < -0.39 is 0 Å². The minimum Gasteiger partial charge on any atom is -0.0622 e. The Kier molecular flexibility index (Phi) is 7.49. The first-order valence-electron chi connectivity index (χ1n) is 21.0. The molecular weight excluding hydrogens is 695 g/mol. The second kappa shape index (κ2) is 12.4. The van der Waals surface area contributed by atoms with Gasteiger partial charge in [-0.1, -0.05) is 204 Å². The fourth-order valence-electron chi connectivity index (χ4n) is 11.1. The molecule has 0 nitrogen and oxygen atoms in total. The van der Waals surface area contributed by atoms with E-state index in [0.717, 1.165) is 0 Å². The van der Waals surface area contributed by atoms with Crippen LogP contribution in [0.5, 0.6) is 0 Å². The third kappa shape index (κ3) is 5.02. The summed E-state index contributed by atoms with van der Waals surface area (Å²) in [4.78, 5) is 0. The summed E-state index contributed by atoms with van der Waals surface area (Å²) in [5.74, 6) is 0. The minimum atomic E-state index is -0.142. The maximum atomic E-state index is 2.55. The quantitative estimate of drug-likeness (QED) is 0.154. The van der Waals surface area contributed by atoms with Crippen molar-refractivity contribution in [2.45, 2.75) is 57.8 Å². The predicted molar refractivity (Wildman–Crippen MR) is 248 cm³/mol. The molecule has 8 aromatic rings. The summed E-state index contributed by atoms with van der Waals surface area (Å²) < 4.78 is 0. The molecule has 1 heteroatoms. The zero-order chi connectivity index (χ0) is 39.6. The molecule has 0 atom stereocenters. The van der Waals surface area contributed by atoms with Crippen molar-refractivity contribution in [3.8, 4) is 55.6 Å². The molecule has 0 N–H and O–H groups in total. The summed E-state index contributed by atoms with van der Waals surface area (Å²) in [7, 11) is 0. The van der Waals surface area contributed by atoms with Crippen molar-refractivity contribution in [1.29, 1.82) is 0 Å². The lowest BCUT2D eigenvalue weighted by atomic mass is 9.23. The first-order valence-corrected chi connectivity index (χ1v) is 21.0. The summed E-state index contributed by atoms with van der Waals surface area (Å²) in [5.41, 5.74) is 25.5. The monoisotopic (exact) mass is 742 g/mol. The molecule has 0 saturated heterocycles. The smallest absolute Gasteiger partial charge is 0.0622 e. The van der Waals surface area contributed by atoms with E-state index in [2.05, 4.69) is 217 Å². The SMILES string of the molecule is CC1(C)c2cccc3c2B2c4c1cccc4C(C)(C)c1cc(-c4cccc(-c5cccc(-c6cc(-c7ccccc7)cc(-c7ccccc7)c6)c5)c4)cc(c12)C3(C)C. The molecule has 278 valence electrons. The van der Waals surface area contributed by atoms with Gasteiger partial charge in [-0.15, -0.1) is 0 Å². The number of benzene rings is 8. The molecule has 3 aliphatic heterocycles. The summed E-state index contributed by atoms with van der Waals surface area (Å²) in [6, 6.07) is 66.2. The van der Waals surface area contributed by atoms with E-state index in [-0.39, 0.29) is 23.0 Å². The van der Waals surface area contributed by atoms with Crippen LogP contribution in [-0.4, -0.2) is 6.71 Å². The highest BCUT2D eigenvalue weighted by Crippen LogP contribution is 2.48. The van der Waals surface area contributed by atoms with Crippen molar-refractivity contribution < 1.29 is 0 Å². The Morgan fingerprint density at radius 3 is 0.897 bits per heavy atom. The molecule has 0 spiro atoms. The van der Waals surface area contributed by atoms with Gasteiger partial charge in [-0.3, -0.25) is 0 Å². The van der Waals surface area contributed by atoms with Gasteiger partial charge in [-0.25, -0.2) is 0 Å². The zero-order valence-electron chi connectivity index (χ0n) is 34.3. The van der Waals surface area contributed by atoms with Gasteiger partial charge in [-0.2, -0.15) is 0 Å². The minimum absolute atomic E-state index is 0.0546. The Labute approximate surface area is 344 Å². The summed E-state index contributed by atoms with van der Waals surface area (Å²) in [6.07, 6.45) is 0. The van der Waals surface area contributed by atoms with Crippen LogP contribution in [0.3, 0.4) is 0 Å². The van der Waals surface area contributed by atoms with Crippen molar-refractivity contribution in [3.05, 3.63) is 209 Å². The number of hydrogen-bond donors (Lipinski definition) is 0. The lowest BCUT2D eigenvalue weighted by molar-refractivity contribution is 0.599. The maximum absolute atomic E-state index is 2.55.